The Morgan fingerprint density at radius 3 is 0.667 bits per heavy atom. The molecule has 0 aliphatic heterocycles. The lowest BCUT2D eigenvalue weighted by Gasteiger charge is -2.33. The molecule has 0 unspecified atom stereocenters. The van der Waals surface area contributed by atoms with Crippen LogP contribution in [0.2, 0.25) is 0 Å². The maximum absolute atomic E-state index is 11.4. The Morgan fingerprint density at radius 2 is 0.667 bits per heavy atom. The quantitative estimate of drug-likeness (QED) is 0.657. The maximum Gasteiger partial charge on any atom is 0.435 e. The fourth-order valence-corrected chi connectivity index (χ4v) is 0.482. The molecule has 94 valence electrons. The van der Waals surface area contributed by atoms with Crippen LogP contribution in [0.15, 0.2) is 0 Å². The van der Waals surface area contributed by atoms with Crippen LogP contribution >= 0.6 is 0 Å². The topological polar surface area (TPSA) is 20.2 Å². The third kappa shape index (κ3) is 2.47. The minimum Gasteiger partial charge on any atom is -0.367 e. The van der Waals surface area contributed by atoms with Gasteiger partial charge in [0.2, 0.25) is 0 Å². The second kappa shape index (κ2) is 3.72. The zero-order valence-corrected chi connectivity index (χ0v) is 5.85. The molecule has 0 amide bonds. The van der Waals surface area contributed by atoms with E-state index in [2.05, 4.69) is 0 Å². The highest BCUT2D eigenvalue weighted by molar-refractivity contribution is 5.00. The summed E-state index contributed by atoms with van der Waals surface area (Å²) in [6, 6.07) is 0. The molecule has 0 spiro atoms. The maximum atomic E-state index is 11.4. The number of hydrogen-bond donors (Lipinski definition) is 1. The molecule has 0 saturated heterocycles. The number of aliphatic hydroxyl groups is 1. The van der Waals surface area contributed by atoms with Gasteiger partial charge in [-0.3, -0.25) is 0 Å². The van der Waals surface area contributed by atoms with Crippen LogP contribution in [-0.4, -0.2) is 29.2 Å². The van der Waals surface area contributed by atoms with Gasteiger partial charge in [0.25, 0.3) is 0 Å². The molecule has 0 aromatic carbocycles. The van der Waals surface area contributed by atoms with E-state index in [1.165, 1.54) is 0 Å². The first-order valence-corrected chi connectivity index (χ1v) is 2.67. The molecular weight excluding hydrogens is 247 g/mol. The summed E-state index contributed by atoms with van der Waals surface area (Å²) in [6.45, 7) is 0. The summed E-state index contributed by atoms with van der Waals surface area (Å²) in [5, 5.41) is 7.65. The Labute approximate surface area is 77.5 Å². The monoisotopic (exact) mass is 252 g/mol. The second-order valence-electron chi connectivity index (χ2n) is 2.20. The third-order valence-corrected chi connectivity index (χ3v) is 1.23. The largest absolute Gasteiger partial charge is 0.435 e. The Balaban J connectivity index is 0. The standard InChI is InChI=1S/C4HF9O.CH4/c5-2(6,7)1(14,3(8,9)10)4(11,12)13;/h14H;1H4. The molecule has 0 fully saturated rings. The van der Waals surface area contributed by atoms with Crippen LogP contribution in [0.1, 0.15) is 7.43 Å². The second-order valence-corrected chi connectivity index (χ2v) is 2.20. The molecule has 15 heavy (non-hydrogen) atoms. The van der Waals surface area contributed by atoms with Crippen molar-refractivity contribution in [2.24, 2.45) is 0 Å². The van der Waals surface area contributed by atoms with Crippen molar-refractivity contribution >= 4 is 0 Å². The van der Waals surface area contributed by atoms with Gasteiger partial charge >= 0.3 is 24.1 Å². The predicted octanol–water partition coefficient (Wildman–Crippen LogP) is 3.04. The van der Waals surface area contributed by atoms with Crippen LogP contribution in [0.3, 0.4) is 0 Å². The first kappa shape index (κ1) is 16.7. The summed E-state index contributed by atoms with van der Waals surface area (Å²) < 4.78 is 103. The van der Waals surface area contributed by atoms with E-state index >= 15 is 0 Å². The summed E-state index contributed by atoms with van der Waals surface area (Å²) in [5.41, 5.74) is -6.69. The van der Waals surface area contributed by atoms with Gasteiger partial charge in [-0.25, -0.2) is 0 Å². The number of halogens is 9. The Bertz CT molecular complexity index is 172. The first-order chi connectivity index (χ1) is 5.75. The van der Waals surface area contributed by atoms with E-state index in [9.17, 15) is 39.5 Å². The van der Waals surface area contributed by atoms with Crippen molar-refractivity contribution < 1.29 is 44.6 Å². The molecule has 0 aromatic rings. The molecule has 0 heterocycles. The lowest BCUT2D eigenvalue weighted by Crippen LogP contribution is -2.66. The van der Waals surface area contributed by atoms with Crippen molar-refractivity contribution in [1.29, 1.82) is 0 Å². The lowest BCUT2D eigenvalue weighted by atomic mass is 10.0. The van der Waals surface area contributed by atoms with E-state index in [0.29, 0.717) is 0 Å². The minimum atomic E-state index is -6.87. The minimum absolute atomic E-state index is 0. The fraction of sp³-hybridized carbons (Fsp3) is 1.00. The molecule has 0 bridgehead atoms. The van der Waals surface area contributed by atoms with Crippen LogP contribution in [0.25, 0.3) is 0 Å². The van der Waals surface area contributed by atoms with Gasteiger partial charge < -0.3 is 5.11 Å². The molecule has 0 rings (SSSR count). The van der Waals surface area contributed by atoms with E-state index in [4.69, 9.17) is 5.11 Å². The van der Waals surface area contributed by atoms with E-state index in [-0.39, 0.29) is 7.43 Å². The van der Waals surface area contributed by atoms with Gasteiger partial charge in [0.05, 0.1) is 0 Å². The van der Waals surface area contributed by atoms with Gasteiger partial charge in [-0.2, -0.15) is 39.5 Å². The lowest BCUT2D eigenvalue weighted by molar-refractivity contribution is -0.447. The van der Waals surface area contributed by atoms with E-state index in [1.807, 2.05) is 0 Å². The molecule has 1 nitrogen and oxygen atoms in total. The van der Waals surface area contributed by atoms with Crippen LogP contribution in [0.4, 0.5) is 39.5 Å². The molecule has 0 atom stereocenters. The summed E-state index contributed by atoms with van der Waals surface area (Å²) in [7, 11) is 0. The van der Waals surface area contributed by atoms with Gasteiger partial charge in [-0.15, -0.1) is 0 Å². The molecular formula is C5H5F9O. The predicted molar refractivity (Wildman–Crippen MR) is 29.8 cm³/mol. The van der Waals surface area contributed by atoms with Crippen molar-refractivity contribution in [3.05, 3.63) is 0 Å². The molecule has 0 aliphatic carbocycles. The average Bonchev–Trinajstić information content (AvgIpc) is 1.77. The molecule has 0 aromatic heterocycles. The molecule has 0 aliphatic rings. The van der Waals surface area contributed by atoms with Gasteiger partial charge in [-0.05, 0) is 0 Å². The smallest absolute Gasteiger partial charge is 0.367 e. The molecule has 0 radical (unpaired) electrons. The highest BCUT2D eigenvalue weighted by atomic mass is 19.4. The summed E-state index contributed by atoms with van der Waals surface area (Å²) in [4.78, 5) is 0. The van der Waals surface area contributed by atoms with Crippen molar-refractivity contribution in [1.82, 2.24) is 0 Å². The van der Waals surface area contributed by atoms with E-state index in [1.54, 1.807) is 0 Å². The summed E-state index contributed by atoms with van der Waals surface area (Å²) in [6.07, 6.45) is -20.6. The number of hydrogen-bond acceptors (Lipinski definition) is 1. The fourth-order valence-electron chi connectivity index (χ4n) is 0.482. The number of alkyl halides is 9. The average molecular weight is 252 g/mol. The zero-order chi connectivity index (χ0) is 12.0. The van der Waals surface area contributed by atoms with Gasteiger partial charge in [0.1, 0.15) is 0 Å². The van der Waals surface area contributed by atoms with E-state index < -0.39 is 24.1 Å². The molecule has 10 heteroatoms. The van der Waals surface area contributed by atoms with Crippen molar-refractivity contribution in [3.8, 4) is 0 Å². The van der Waals surface area contributed by atoms with Crippen LogP contribution in [-0.2, 0) is 0 Å². The van der Waals surface area contributed by atoms with Crippen LogP contribution in [0.5, 0.6) is 0 Å². The first-order valence-electron chi connectivity index (χ1n) is 2.67. The van der Waals surface area contributed by atoms with Gasteiger partial charge in [0.15, 0.2) is 0 Å². The summed E-state index contributed by atoms with van der Waals surface area (Å²) in [5.74, 6) is 0. The van der Waals surface area contributed by atoms with Crippen molar-refractivity contribution in [2.45, 2.75) is 31.6 Å². The normalized spacial score (nSPS) is 14.8. The third-order valence-electron chi connectivity index (χ3n) is 1.23. The van der Waals surface area contributed by atoms with Gasteiger partial charge in [0, 0.05) is 0 Å². The van der Waals surface area contributed by atoms with Crippen LogP contribution in [0, 0.1) is 0 Å². The zero-order valence-electron chi connectivity index (χ0n) is 5.85. The van der Waals surface area contributed by atoms with Gasteiger partial charge in [-0.1, -0.05) is 7.43 Å². The SMILES string of the molecule is C.OC(C(F)(F)F)(C(F)(F)F)C(F)(F)F. The number of rotatable bonds is 0. The Kier molecular flexibility index (Phi) is 4.16. The van der Waals surface area contributed by atoms with Crippen molar-refractivity contribution in [3.63, 3.8) is 0 Å². The van der Waals surface area contributed by atoms with Crippen molar-refractivity contribution in [2.75, 3.05) is 0 Å². The highest BCUT2D eigenvalue weighted by Gasteiger charge is 2.83. The van der Waals surface area contributed by atoms with Crippen LogP contribution < -0.4 is 0 Å². The Morgan fingerprint density at radius 1 is 0.533 bits per heavy atom. The van der Waals surface area contributed by atoms with E-state index in [0.717, 1.165) is 0 Å². The highest BCUT2D eigenvalue weighted by Crippen LogP contribution is 2.52. The summed E-state index contributed by atoms with van der Waals surface area (Å²) >= 11 is 0. The molecule has 1 N–H and O–H groups in total. The Hall–Kier alpha value is -0.670. The molecule has 0 saturated carbocycles.